The Balaban J connectivity index is 1.80. The number of carbonyl (C=O) groups excluding carboxylic acids is 1. The van der Waals surface area contributed by atoms with Crippen LogP contribution in [0.15, 0.2) is 30.3 Å². The van der Waals surface area contributed by atoms with Crippen LogP contribution in [0.1, 0.15) is 26.2 Å². The highest BCUT2D eigenvalue weighted by molar-refractivity contribution is 5.77. The maximum atomic E-state index is 12.2. The van der Waals surface area contributed by atoms with Gasteiger partial charge in [-0.2, -0.15) is 0 Å². The lowest BCUT2D eigenvalue weighted by Crippen LogP contribution is -2.40. The van der Waals surface area contributed by atoms with Gasteiger partial charge in [0.2, 0.25) is 5.91 Å². The molecule has 1 fully saturated rings. The molecule has 1 aliphatic rings. The van der Waals surface area contributed by atoms with Crippen LogP contribution in [0.5, 0.6) is 0 Å². The van der Waals surface area contributed by atoms with Gasteiger partial charge in [0.25, 0.3) is 0 Å². The summed E-state index contributed by atoms with van der Waals surface area (Å²) >= 11 is 0. The summed E-state index contributed by atoms with van der Waals surface area (Å²) in [5, 5.41) is 0. The molecule has 3 nitrogen and oxygen atoms in total. The Kier molecular flexibility index (Phi) is 4.83. The first-order valence-corrected chi connectivity index (χ1v) is 7.21. The predicted molar refractivity (Wildman–Crippen MR) is 79.3 cm³/mol. The molecule has 1 aromatic rings. The number of likely N-dealkylation sites (tertiary alicyclic amines) is 1. The summed E-state index contributed by atoms with van der Waals surface area (Å²) in [5.74, 6) is 0.957. The van der Waals surface area contributed by atoms with Gasteiger partial charge in [-0.3, -0.25) is 4.79 Å². The van der Waals surface area contributed by atoms with Gasteiger partial charge in [0.05, 0.1) is 0 Å². The van der Waals surface area contributed by atoms with Crippen LogP contribution in [-0.4, -0.2) is 37.5 Å². The summed E-state index contributed by atoms with van der Waals surface area (Å²) in [5.41, 5.74) is 1.17. The monoisotopic (exact) mass is 260 g/mol. The van der Waals surface area contributed by atoms with Crippen molar-refractivity contribution in [2.24, 2.45) is 5.92 Å². The van der Waals surface area contributed by atoms with E-state index in [1.165, 1.54) is 12.1 Å². The second kappa shape index (κ2) is 6.60. The van der Waals surface area contributed by atoms with Gasteiger partial charge >= 0.3 is 0 Å². The number of para-hydroxylation sites is 1. The highest BCUT2D eigenvalue weighted by atomic mass is 16.2. The first-order chi connectivity index (χ1) is 9.16. The van der Waals surface area contributed by atoms with Gasteiger partial charge in [-0.25, -0.2) is 0 Å². The van der Waals surface area contributed by atoms with E-state index in [-0.39, 0.29) is 0 Å². The quantitative estimate of drug-likeness (QED) is 0.831. The average molecular weight is 260 g/mol. The molecule has 1 aromatic carbocycles. The molecule has 0 spiro atoms. The normalized spacial score (nSPS) is 19.3. The Morgan fingerprint density at radius 1 is 1.37 bits per heavy atom. The molecule has 19 heavy (non-hydrogen) atoms. The zero-order chi connectivity index (χ0) is 13.7. The van der Waals surface area contributed by atoms with Crippen molar-refractivity contribution < 1.29 is 4.79 Å². The maximum Gasteiger partial charge on any atom is 0.224 e. The number of amides is 1. The highest BCUT2D eigenvalue weighted by Crippen LogP contribution is 2.17. The van der Waals surface area contributed by atoms with Crippen LogP contribution in [0, 0.1) is 5.92 Å². The first kappa shape index (κ1) is 13.9. The molecule has 1 aliphatic heterocycles. The van der Waals surface area contributed by atoms with E-state index in [1.54, 1.807) is 0 Å². The van der Waals surface area contributed by atoms with Crippen molar-refractivity contribution in [3.05, 3.63) is 30.3 Å². The highest BCUT2D eigenvalue weighted by Gasteiger charge is 2.20. The number of piperidine rings is 1. The molecule has 1 saturated heterocycles. The molecule has 1 unspecified atom stereocenters. The molecular formula is C16H24N2O. The van der Waals surface area contributed by atoms with E-state index in [0.29, 0.717) is 18.2 Å². The van der Waals surface area contributed by atoms with Crippen molar-refractivity contribution in [2.45, 2.75) is 26.2 Å². The lowest BCUT2D eigenvalue weighted by atomic mass is 10.00. The van der Waals surface area contributed by atoms with Gasteiger partial charge in [-0.1, -0.05) is 25.1 Å². The third-order valence-electron chi connectivity index (χ3n) is 3.87. The molecule has 0 bridgehead atoms. The number of hydrogen-bond donors (Lipinski definition) is 0. The van der Waals surface area contributed by atoms with Crippen molar-refractivity contribution in [2.75, 3.05) is 31.6 Å². The van der Waals surface area contributed by atoms with E-state index in [2.05, 4.69) is 24.0 Å². The summed E-state index contributed by atoms with van der Waals surface area (Å²) in [6.07, 6.45) is 3.02. The number of benzene rings is 1. The Labute approximate surface area is 116 Å². The first-order valence-electron chi connectivity index (χ1n) is 7.21. The Bertz CT molecular complexity index is 404. The Hall–Kier alpha value is -1.51. The summed E-state index contributed by atoms with van der Waals surface area (Å²) in [7, 11) is 2.04. The lowest BCUT2D eigenvalue weighted by Gasteiger charge is -2.31. The van der Waals surface area contributed by atoms with E-state index in [1.807, 2.05) is 30.1 Å². The molecular weight excluding hydrogens is 236 g/mol. The second-order valence-electron chi connectivity index (χ2n) is 5.59. The van der Waals surface area contributed by atoms with Crippen LogP contribution in [0.25, 0.3) is 0 Å². The third-order valence-corrected chi connectivity index (χ3v) is 3.87. The van der Waals surface area contributed by atoms with Crippen LogP contribution in [-0.2, 0) is 4.79 Å². The van der Waals surface area contributed by atoms with Gasteiger partial charge in [-0.05, 0) is 30.9 Å². The summed E-state index contributed by atoms with van der Waals surface area (Å²) in [4.78, 5) is 16.4. The molecule has 1 heterocycles. The number of carbonyl (C=O) groups is 1. The Morgan fingerprint density at radius 2 is 2.11 bits per heavy atom. The minimum atomic E-state index is 0.300. The van der Waals surface area contributed by atoms with Gasteiger partial charge in [0.15, 0.2) is 0 Å². The Morgan fingerprint density at radius 3 is 2.79 bits per heavy atom. The summed E-state index contributed by atoms with van der Waals surface area (Å²) < 4.78 is 0. The minimum absolute atomic E-state index is 0.300. The minimum Gasteiger partial charge on any atom is -0.374 e. The fraction of sp³-hybridized carbons (Fsp3) is 0.562. The average Bonchev–Trinajstić information content (AvgIpc) is 2.45. The van der Waals surface area contributed by atoms with Crippen LogP contribution >= 0.6 is 0 Å². The van der Waals surface area contributed by atoms with Crippen molar-refractivity contribution in [1.29, 1.82) is 0 Å². The molecule has 0 radical (unpaired) electrons. The van der Waals surface area contributed by atoms with Crippen molar-refractivity contribution in [3.63, 3.8) is 0 Å². The number of nitrogens with zero attached hydrogens (tertiary/aromatic N) is 2. The number of rotatable bonds is 4. The van der Waals surface area contributed by atoms with E-state index < -0.39 is 0 Å². The van der Waals surface area contributed by atoms with E-state index >= 15 is 0 Å². The van der Waals surface area contributed by atoms with Gasteiger partial charge < -0.3 is 9.80 Å². The molecule has 0 saturated carbocycles. The third kappa shape index (κ3) is 3.98. The van der Waals surface area contributed by atoms with Crippen LogP contribution in [0.3, 0.4) is 0 Å². The molecule has 0 N–H and O–H groups in total. The lowest BCUT2D eigenvalue weighted by molar-refractivity contribution is -0.132. The van der Waals surface area contributed by atoms with Gasteiger partial charge in [0, 0.05) is 38.8 Å². The molecule has 0 aliphatic carbocycles. The van der Waals surface area contributed by atoms with Gasteiger partial charge in [-0.15, -0.1) is 0 Å². The summed E-state index contributed by atoms with van der Waals surface area (Å²) in [6, 6.07) is 10.2. The van der Waals surface area contributed by atoms with Gasteiger partial charge in [0.1, 0.15) is 0 Å². The van der Waals surface area contributed by atoms with Crippen molar-refractivity contribution in [3.8, 4) is 0 Å². The molecule has 2 rings (SSSR count). The van der Waals surface area contributed by atoms with E-state index in [0.717, 1.165) is 26.1 Å². The standard InChI is InChI=1S/C16H24N2O/c1-14-7-6-11-18(13-14)16(19)10-12-17(2)15-8-4-3-5-9-15/h3-5,8-9,14H,6-7,10-13H2,1-2H3. The fourth-order valence-corrected chi connectivity index (χ4v) is 2.65. The predicted octanol–water partition coefficient (Wildman–Crippen LogP) is 2.77. The van der Waals surface area contributed by atoms with E-state index in [9.17, 15) is 4.79 Å². The van der Waals surface area contributed by atoms with E-state index in [4.69, 9.17) is 0 Å². The zero-order valence-electron chi connectivity index (χ0n) is 12.0. The molecule has 0 aromatic heterocycles. The fourth-order valence-electron chi connectivity index (χ4n) is 2.65. The number of anilines is 1. The van der Waals surface area contributed by atoms with Crippen LogP contribution in [0.4, 0.5) is 5.69 Å². The SMILES string of the molecule is CC1CCCN(C(=O)CCN(C)c2ccccc2)C1. The topological polar surface area (TPSA) is 23.6 Å². The molecule has 1 amide bonds. The van der Waals surface area contributed by atoms with Crippen LogP contribution < -0.4 is 4.90 Å². The molecule has 3 heteroatoms. The van der Waals surface area contributed by atoms with Crippen molar-refractivity contribution in [1.82, 2.24) is 4.90 Å². The zero-order valence-corrected chi connectivity index (χ0v) is 12.0. The largest absolute Gasteiger partial charge is 0.374 e. The maximum absolute atomic E-state index is 12.2. The van der Waals surface area contributed by atoms with Crippen molar-refractivity contribution >= 4 is 11.6 Å². The smallest absolute Gasteiger partial charge is 0.224 e. The number of hydrogen-bond acceptors (Lipinski definition) is 2. The summed E-state index contributed by atoms with van der Waals surface area (Å²) in [6.45, 7) is 4.90. The molecule has 104 valence electrons. The van der Waals surface area contributed by atoms with Crippen LogP contribution in [0.2, 0.25) is 0 Å². The molecule has 1 atom stereocenters. The second-order valence-corrected chi connectivity index (χ2v) is 5.59.